The standard InChI is InChI=1S/C17H28N4O9/c1-7(2)13(16(28)19-9(17(29)30)4-5-11(22)23)21-15(27)10(6-12(24)25)20-14(26)8(3)18/h7-10,13H,4-6,18H2,1-3H3,(H,19,28)(H,20,26)(H,21,27)(H,22,23)(H,24,25)(H,29,30). The molecule has 3 amide bonds. The molecule has 0 aromatic rings. The fourth-order valence-electron chi connectivity index (χ4n) is 2.26. The van der Waals surface area contributed by atoms with Crippen molar-refractivity contribution in [1.29, 1.82) is 0 Å². The van der Waals surface area contributed by atoms with Gasteiger partial charge in [-0.25, -0.2) is 4.79 Å². The van der Waals surface area contributed by atoms with Crippen LogP contribution in [-0.2, 0) is 28.8 Å². The number of rotatable bonds is 13. The second-order valence-electron chi connectivity index (χ2n) is 7.01. The largest absolute Gasteiger partial charge is 0.481 e. The van der Waals surface area contributed by atoms with Gasteiger partial charge in [0.15, 0.2) is 0 Å². The highest BCUT2D eigenvalue weighted by Crippen LogP contribution is 2.06. The van der Waals surface area contributed by atoms with Crippen molar-refractivity contribution in [3.05, 3.63) is 0 Å². The topological polar surface area (TPSA) is 225 Å². The van der Waals surface area contributed by atoms with Gasteiger partial charge in [-0.2, -0.15) is 0 Å². The molecule has 0 aliphatic carbocycles. The molecule has 13 heteroatoms. The highest BCUT2D eigenvalue weighted by Gasteiger charge is 2.32. The third-order valence-electron chi connectivity index (χ3n) is 3.93. The summed E-state index contributed by atoms with van der Waals surface area (Å²) >= 11 is 0. The van der Waals surface area contributed by atoms with Crippen LogP contribution in [0.2, 0.25) is 0 Å². The molecule has 0 rings (SSSR count). The molecule has 0 saturated carbocycles. The van der Waals surface area contributed by atoms with Gasteiger partial charge in [0.25, 0.3) is 0 Å². The van der Waals surface area contributed by atoms with Gasteiger partial charge >= 0.3 is 17.9 Å². The molecule has 0 saturated heterocycles. The summed E-state index contributed by atoms with van der Waals surface area (Å²) in [4.78, 5) is 69.6. The lowest BCUT2D eigenvalue weighted by atomic mass is 10.0. The van der Waals surface area contributed by atoms with Crippen LogP contribution in [0.4, 0.5) is 0 Å². The first-order valence-corrected chi connectivity index (χ1v) is 9.09. The van der Waals surface area contributed by atoms with Crippen molar-refractivity contribution in [2.75, 3.05) is 0 Å². The Morgan fingerprint density at radius 1 is 0.767 bits per heavy atom. The second kappa shape index (κ2) is 12.4. The average molecular weight is 432 g/mol. The molecular formula is C17H28N4O9. The van der Waals surface area contributed by atoms with Gasteiger partial charge in [0.05, 0.1) is 12.5 Å². The summed E-state index contributed by atoms with van der Waals surface area (Å²) in [5, 5.41) is 33.4. The molecule has 170 valence electrons. The zero-order valence-corrected chi connectivity index (χ0v) is 16.9. The summed E-state index contributed by atoms with van der Waals surface area (Å²) in [6, 6.07) is -5.30. The van der Waals surface area contributed by atoms with Gasteiger partial charge in [-0.3, -0.25) is 24.0 Å². The Hall–Kier alpha value is -3.22. The summed E-state index contributed by atoms with van der Waals surface area (Å²) in [6.07, 6.45) is -1.64. The van der Waals surface area contributed by atoms with Gasteiger partial charge in [0.1, 0.15) is 18.1 Å². The van der Waals surface area contributed by atoms with Crippen LogP contribution < -0.4 is 21.7 Å². The minimum Gasteiger partial charge on any atom is -0.481 e. The van der Waals surface area contributed by atoms with Gasteiger partial charge in [-0.05, 0) is 19.3 Å². The third kappa shape index (κ3) is 9.82. The van der Waals surface area contributed by atoms with Crippen LogP contribution in [0.1, 0.15) is 40.0 Å². The number of hydrogen-bond donors (Lipinski definition) is 7. The van der Waals surface area contributed by atoms with Crippen LogP contribution in [0.15, 0.2) is 0 Å². The molecule has 8 N–H and O–H groups in total. The number of amides is 3. The summed E-state index contributed by atoms with van der Waals surface area (Å²) in [7, 11) is 0. The quantitative estimate of drug-likeness (QED) is 0.167. The number of aliphatic carboxylic acids is 3. The van der Waals surface area contributed by atoms with Gasteiger partial charge in [0, 0.05) is 6.42 Å². The maximum atomic E-state index is 12.5. The fourth-order valence-corrected chi connectivity index (χ4v) is 2.26. The summed E-state index contributed by atoms with van der Waals surface area (Å²) in [5.41, 5.74) is 5.39. The summed E-state index contributed by atoms with van der Waals surface area (Å²) in [6.45, 7) is 4.42. The van der Waals surface area contributed by atoms with Crippen molar-refractivity contribution in [3.63, 3.8) is 0 Å². The van der Waals surface area contributed by atoms with E-state index in [-0.39, 0.29) is 6.42 Å². The van der Waals surface area contributed by atoms with E-state index < -0.39 is 78.6 Å². The molecule has 0 bridgehead atoms. The molecule has 13 nitrogen and oxygen atoms in total. The third-order valence-corrected chi connectivity index (χ3v) is 3.93. The molecule has 0 aromatic carbocycles. The number of carboxylic acids is 3. The lowest BCUT2D eigenvalue weighted by Gasteiger charge is -2.26. The zero-order chi connectivity index (χ0) is 23.6. The smallest absolute Gasteiger partial charge is 0.326 e. The maximum absolute atomic E-state index is 12.5. The molecular weight excluding hydrogens is 404 g/mol. The van der Waals surface area contributed by atoms with E-state index in [0.717, 1.165) is 0 Å². The Morgan fingerprint density at radius 2 is 1.30 bits per heavy atom. The van der Waals surface area contributed by atoms with E-state index in [4.69, 9.17) is 21.1 Å². The van der Waals surface area contributed by atoms with Crippen molar-refractivity contribution in [2.45, 2.75) is 64.2 Å². The van der Waals surface area contributed by atoms with Crippen LogP contribution in [-0.4, -0.2) is 75.1 Å². The molecule has 0 aliphatic rings. The Labute approximate surface area is 172 Å². The van der Waals surface area contributed by atoms with E-state index in [9.17, 15) is 28.8 Å². The normalized spacial score (nSPS) is 14.7. The van der Waals surface area contributed by atoms with E-state index >= 15 is 0 Å². The molecule has 4 unspecified atom stereocenters. The van der Waals surface area contributed by atoms with Crippen LogP contribution in [0.25, 0.3) is 0 Å². The predicted molar refractivity (Wildman–Crippen MR) is 101 cm³/mol. The molecule has 0 radical (unpaired) electrons. The Morgan fingerprint density at radius 3 is 1.70 bits per heavy atom. The lowest BCUT2D eigenvalue weighted by Crippen LogP contribution is -2.58. The molecule has 0 aliphatic heterocycles. The average Bonchev–Trinajstić information content (AvgIpc) is 2.60. The first-order chi connectivity index (χ1) is 13.8. The minimum absolute atomic E-state index is 0.374. The molecule has 0 heterocycles. The van der Waals surface area contributed by atoms with Crippen molar-refractivity contribution in [1.82, 2.24) is 16.0 Å². The number of nitrogens with two attached hydrogens (primary N) is 1. The SMILES string of the molecule is CC(N)C(=O)NC(CC(=O)O)C(=O)NC(C(=O)NC(CCC(=O)O)C(=O)O)C(C)C. The van der Waals surface area contributed by atoms with Crippen LogP contribution in [0.3, 0.4) is 0 Å². The van der Waals surface area contributed by atoms with Crippen molar-refractivity contribution >= 4 is 35.6 Å². The highest BCUT2D eigenvalue weighted by molar-refractivity contribution is 5.95. The Balaban J connectivity index is 5.36. The minimum atomic E-state index is -1.52. The Bertz CT molecular complexity index is 678. The van der Waals surface area contributed by atoms with Gasteiger partial charge in [-0.15, -0.1) is 0 Å². The van der Waals surface area contributed by atoms with E-state index in [2.05, 4.69) is 16.0 Å². The van der Waals surface area contributed by atoms with Gasteiger partial charge in [-0.1, -0.05) is 13.8 Å². The molecule has 4 atom stereocenters. The van der Waals surface area contributed by atoms with E-state index in [0.29, 0.717) is 0 Å². The molecule has 0 fully saturated rings. The van der Waals surface area contributed by atoms with Crippen molar-refractivity contribution < 1.29 is 44.1 Å². The number of nitrogens with one attached hydrogen (secondary N) is 3. The van der Waals surface area contributed by atoms with Crippen LogP contribution in [0.5, 0.6) is 0 Å². The van der Waals surface area contributed by atoms with E-state index in [1.165, 1.54) is 6.92 Å². The molecule has 0 aromatic heterocycles. The number of carbonyl (C=O) groups is 6. The van der Waals surface area contributed by atoms with E-state index in [1.54, 1.807) is 13.8 Å². The van der Waals surface area contributed by atoms with Crippen LogP contribution >= 0.6 is 0 Å². The molecule has 30 heavy (non-hydrogen) atoms. The predicted octanol–water partition coefficient (Wildman–Crippen LogP) is -2.13. The van der Waals surface area contributed by atoms with Gasteiger partial charge < -0.3 is 37.0 Å². The number of carbonyl (C=O) groups excluding carboxylic acids is 3. The van der Waals surface area contributed by atoms with Crippen molar-refractivity contribution in [2.24, 2.45) is 11.7 Å². The second-order valence-corrected chi connectivity index (χ2v) is 7.01. The monoisotopic (exact) mass is 432 g/mol. The van der Waals surface area contributed by atoms with E-state index in [1.807, 2.05) is 0 Å². The lowest BCUT2D eigenvalue weighted by molar-refractivity contribution is -0.144. The maximum Gasteiger partial charge on any atom is 0.326 e. The Kier molecular flexibility index (Phi) is 11.0. The number of carboxylic acid groups (broad SMARTS) is 3. The van der Waals surface area contributed by atoms with Gasteiger partial charge in [0.2, 0.25) is 17.7 Å². The highest BCUT2D eigenvalue weighted by atomic mass is 16.4. The first kappa shape index (κ1) is 26.8. The molecule has 0 spiro atoms. The first-order valence-electron chi connectivity index (χ1n) is 9.09. The number of hydrogen-bond acceptors (Lipinski definition) is 7. The zero-order valence-electron chi connectivity index (χ0n) is 16.9. The van der Waals surface area contributed by atoms with Crippen molar-refractivity contribution in [3.8, 4) is 0 Å². The summed E-state index contributed by atoms with van der Waals surface area (Å²) in [5.74, 6) is -7.28. The summed E-state index contributed by atoms with van der Waals surface area (Å²) < 4.78 is 0. The fraction of sp³-hybridized carbons (Fsp3) is 0.647. The van der Waals surface area contributed by atoms with Crippen LogP contribution in [0, 0.1) is 5.92 Å².